The lowest BCUT2D eigenvalue weighted by atomic mass is 10.1. The first-order chi connectivity index (χ1) is 13.5. The zero-order chi connectivity index (χ0) is 19.7. The van der Waals surface area contributed by atoms with Gasteiger partial charge < -0.3 is 9.15 Å². The summed E-state index contributed by atoms with van der Waals surface area (Å²) in [6.07, 6.45) is 1.37. The largest absolute Gasteiger partial charge is 0.463 e. The number of benzene rings is 3. The van der Waals surface area contributed by atoms with E-state index in [0.29, 0.717) is 38.4 Å². The number of aryl methyl sites for hydroxylation is 1. The van der Waals surface area contributed by atoms with E-state index >= 15 is 0 Å². The minimum absolute atomic E-state index is 0.203. The first-order valence-corrected chi connectivity index (χ1v) is 9.00. The van der Waals surface area contributed by atoms with Crippen LogP contribution in [0.1, 0.15) is 15.9 Å². The van der Waals surface area contributed by atoms with Gasteiger partial charge in [0.1, 0.15) is 17.6 Å². The highest BCUT2D eigenvalue weighted by Gasteiger charge is 2.14. The Kier molecular flexibility index (Phi) is 4.72. The second-order valence-corrected chi connectivity index (χ2v) is 6.78. The highest BCUT2D eigenvalue weighted by atomic mass is 35.5. The van der Waals surface area contributed by atoms with Crippen molar-refractivity contribution in [3.05, 3.63) is 99.4 Å². The molecule has 1 aromatic heterocycles. The first kappa shape index (κ1) is 18.0. The predicted molar refractivity (Wildman–Crippen MR) is 109 cm³/mol. The van der Waals surface area contributed by atoms with E-state index in [9.17, 15) is 9.59 Å². The Labute approximate surface area is 166 Å². The molecule has 0 aliphatic rings. The standard InChI is InChI=1S/C23H15ClO4/c1-14-5-4-6-15(11-14)23(26)28-16-9-10-18-21(12-16)27-13-19(22(18)25)17-7-2-3-8-20(17)24/h2-13H,1H3. The Bertz CT molecular complexity index is 1260. The average Bonchev–Trinajstić information content (AvgIpc) is 2.69. The summed E-state index contributed by atoms with van der Waals surface area (Å²) < 4.78 is 11.0. The fraction of sp³-hybridized carbons (Fsp3) is 0.0435. The van der Waals surface area contributed by atoms with Crippen LogP contribution in [0.15, 0.2) is 82.2 Å². The molecule has 3 aromatic carbocycles. The molecule has 0 aliphatic heterocycles. The monoisotopic (exact) mass is 390 g/mol. The number of fused-ring (bicyclic) bond motifs is 1. The maximum atomic E-state index is 12.8. The number of hydrogen-bond acceptors (Lipinski definition) is 4. The molecule has 4 nitrogen and oxygen atoms in total. The second kappa shape index (κ2) is 7.33. The van der Waals surface area contributed by atoms with E-state index < -0.39 is 5.97 Å². The molecule has 4 rings (SSSR count). The Morgan fingerprint density at radius 1 is 0.964 bits per heavy atom. The lowest BCUT2D eigenvalue weighted by molar-refractivity contribution is 0.0735. The third-order valence-corrected chi connectivity index (χ3v) is 4.70. The van der Waals surface area contributed by atoms with E-state index in [1.807, 2.05) is 13.0 Å². The number of carbonyl (C=O) groups excluding carboxylic acids is 1. The average molecular weight is 391 g/mol. The fourth-order valence-electron chi connectivity index (χ4n) is 2.98. The van der Waals surface area contributed by atoms with Gasteiger partial charge in [0, 0.05) is 16.7 Å². The van der Waals surface area contributed by atoms with E-state index in [1.165, 1.54) is 12.3 Å². The molecule has 0 saturated carbocycles. The van der Waals surface area contributed by atoms with Gasteiger partial charge in [-0.3, -0.25) is 4.79 Å². The zero-order valence-corrected chi connectivity index (χ0v) is 15.7. The number of rotatable bonds is 3. The molecular formula is C23H15ClO4. The maximum Gasteiger partial charge on any atom is 0.343 e. The molecule has 0 bridgehead atoms. The molecule has 0 fully saturated rings. The topological polar surface area (TPSA) is 56.5 Å². The summed E-state index contributed by atoms with van der Waals surface area (Å²) in [4.78, 5) is 25.2. The van der Waals surface area contributed by atoms with Crippen LogP contribution in [0.2, 0.25) is 5.02 Å². The minimum atomic E-state index is -0.474. The summed E-state index contributed by atoms with van der Waals surface area (Å²) in [5.41, 5.74) is 2.53. The van der Waals surface area contributed by atoms with Crippen LogP contribution in [0.25, 0.3) is 22.1 Å². The van der Waals surface area contributed by atoms with E-state index in [0.717, 1.165) is 5.56 Å². The molecule has 4 aromatic rings. The minimum Gasteiger partial charge on any atom is -0.463 e. The molecule has 1 heterocycles. The zero-order valence-electron chi connectivity index (χ0n) is 14.9. The van der Waals surface area contributed by atoms with Crippen molar-refractivity contribution in [1.29, 1.82) is 0 Å². The van der Waals surface area contributed by atoms with E-state index in [2.05, 4.69) is 0 Å². The van der Waals surface area contributed by atoms with Crippen molar-refractivity contribution in [2.24, 2.45) is 0 Å². The fourth-order valence-corrected chi connectivity index (χ4v) is 3.21. The Morgan fingerprint density at radius 3 is 2.57 bits per heavy atom. The smallest absolute Gasteiger partial charge is 0.343 e. The van der Waals surface area contributed by atoms with Crippen molar-refractivity contribution in [3.63, 3.8) is 0 Å². The molecule has 138 valence electrons. The van der Waals surface area contributed by atoms with Crippen molar-refractivity contribution >= 4 is 28.5 Å². The highest BCUT2D eigenvalue weighted by molar-refractivity contribution is 6.33. The molecule has 0 saturated heterocycles. The van der Waals surface area contributed by atoms with Crippen molar-refractivity contribution < 1.29 is 13.9 Å². The molecule has 0 radical (unpaired) electrons. The highest BCUT2D eigenvalue weighted by Crippen LogP contribution is 2.28. The summed E-state index contributed by atoms with van der Waals surface area (Å²) in [6, 6.07) is 18.9. The summed E-state index contributed by atoms with van der Waals surface area (Å²) in [7, 11) is 0. The summed E-state index contributed by atoms with van der Waals surface area (Å²) >= 11 is 6.20. The van der Waals surface area contributed by atoms with Crippen molar-refractivity contribution in [2.75, 3.05) is 0 Å². The number of esters is 1. The molecule has 28 heavy (non-hydrogen) atoms. The van der Waals surface area contributed by atoms with Gasteiger partial charge in [0.25, 0.3) is 0 Å². The normalized spacial score (nSPS) is 10.8. The van der Waals surface area contributed by atoms with Crippen LogP contribution in [-0.2, 0) is 0 Å². The third-order valence-electron chi connectivity index (χ3n) is 4.37. The Balaban J connectivity index is 1.69. The van der Waals surface area contributed by atoms with Gasteiger partial charge in [0.2, 0.25) is 5.43 Å². The van der Waals surface area contributed by atoms with Gasteiger partial charge in [-0.05, 0) is 37.3 Å². The van der Waals surface area contributed by atoms with E-state index in [1.54, 1.807) is 54.6 Å². The summed E-state index contributed by atoms with van der Waals surface area (Å²) in [6.45, 7) is 1.90. The molecule has 5 heteroatoms. The van der Waals surface area contributed by atoms with Crippen LogP contribution in [0.5, 0.6) is 5.75 Å². The SMILES string of the molecule is Cc1cccc(C(=O)Oc2ccc3c(=O)c(-c4ccccc4Cl)coc3c2)c1. The van der Waals surface area contributed by atoms with Gasteiger partial charge in [0.15, 0.2) is 0 Å². The van der Waals surface area contributed by atoms with Gasteiger partial charge in [-0.2, -0.15) is 0 Å². The molecule has 0 atom stereocenters. The van der Waals surface area contributed by atoms with Gasteiger partial charge in [-0.25, -0.2) is 4.79 Å². The Hall–Kier alpha value is -3.37. The maximum absolute atomic E-state index is 12.8. The van der Waals surface area contributed by atoms with Crippen LogP contribution >= 0.6 is 11.6 Å². The van der Waals surface area contributed by atoms with Crippen molar-refractivity contribution in [1.82, 2.24) is 0 Å². The van der Waals surface area contributed by atoms with Crippen molar-refractivity contribution in [2.45, 2.75) is 6.92 Å². The molecule has 0 aliphatic carbocycles. The first-order valence-electron chi connectivity index (χ1n) is 8.62. The number of ether oxygens (including phenoxy) is 1. The quantitative estimate of drug-likeness (QED) is 0.335. The molecule has 0 unspecified atom stereocenters. The molecular weight excluding hydrogens is 376 g/mol. The predicted octanol–water partition coefficient (Wildman–Crippen LogP) is 5.64. The summed E-state index contributed by atoms with van der Waals surface area (Å²) in [5.74, 6) is -0.175. The van der Waals surface area contributed by atoms with E-state index in [4.69, 9.17) is 20.8 Å². The molecule has 0 spiro atoms. The molecule has 0 N–H and O–H groups in total. The number of hydrogen-bond donors (Lipinski definition) is 0. The second-order valence-electron chi connectivity index (χ2n) is 6.38. The van der Waals surface area contributed by atoms with Crippen LogP contribution in [0.4, 0.5) is 0 Å². The number of carbonyl (C=O) groups is 1. The molecule has 0 amide bonds. The lowest BCUT2D eigenvalue weighted by Gasteiger charge is -2.07. The van der Waals surface area contributed by atoms with Crippen LogP contribution in [0, 0.1) is 6.92 Å². The van der Waals surface area contributed by atoms with Crippen LogP contribution in [0.3, 0.4) is 0 Å². The van der Waals surface area contributed by atoms with Crippen molar-refractivity contribution in [3.8, 4) is 16.9 Å². The lowest BCUT2D eigenvalue weighted by Crippen LogP contribution is -2.09. The van der Waals surface area contributed by atoms with E-state index in [-0.39, 0.29) is 5.43 Å². The third kappa shape index (κ3) is 3.42. The van der Waals surface area contributed by atoms with Crippen LogP contribution < -0.4 is 10.2 Å². The number of halogens is 1. The Morgan fingerprint density at radius 2 is 1.79 bits per heavy atom. The van der Waals surface area contributed by atoms with Crippen LogP contribution in [-0.4, -0.2) is 5.97 Å². The van der Waals surface area contributed by atoms with Gasteiger partial charge in [0.05, 0.1) is 16.5 Å². The van der Waals surface area contributed by atoms with Gasteiger partial charge in [-0.1, -0.05) is 47.5 Å². The van der Waals surface area contributed by atoms with Gasteiger partial charge >= 0.3 is 5.97 Å². The van der Waals surface area contributed by atoms with Gasteiger partial charge in [-0.15, -0.1) is 0 Å². The summed E-state index contributed by atoms with van der Waals surface area (Å²) in [5, 5.41) is 0.852.